The highest BCUT2D eigenvalue weighted by Crippen LogP contribution is 2.39. The van der Waals surface area contributed by atoms with Crippen LogP contribution >= 0.6 is 23.2 Å². The zero-order chi connectivity index (χ0) is 26.0. The highest BCUT2D eigenvalue weighted by molar-refractivity contribution is 7.89. The average molecular weight is 559 g/mol. The molecular weight excluding hydrogens is 529 g/mol. The molecule has 0 spiro atoms. The largest absolute Gasteiger partial charge is 0.493 e. The van der Waals surface area contributed by atoms with Crippen molar-refractivity contribution >= 4 is 39.1 Å². The van der Waals surface area contributed by atoms with Crippen LogP contribution in [0, 0.1) is 0 Å². The minimum Gasteiger partial charge on any atom is -0.493 e. The predicted octanol–water partition coefficient (Wildman–Crippen LogP) is 6.40. The van der Waals surface area contributed by atoms with Crippen LogP contribution in [-0.2, 0) is 10.0 Å². The zero-order valence-electron chi connectivity index (χ0n) is 20.5. The summed E-state index contributed by atoms with van der Waals surface area (Å²) in [6.45, 7) is 3.43. The Labute approximate surface area is 228 Å². The molecule has 1 saturated heterocycles. The Balaban J connectivity index is 1.58. The van der Waals surface area contributed by atoms with Crippen LogP contribution in [0.3, 0.4) is 0 Å². The van der Waals surface area contributed by atoms with Gasteiger partial charge in [-0.25, -0.2) is 8.42 Å². The minimum absolute atomic E-state index is 0.190. The fraction of sp³-hybridized carbons (Fsp3) is 0.321. The van der Waals surface area contributed by atoms with Crippen LogP contribution in [0.15, 0.2) is 76.6 Å². The molecule has 0 aromatic heterocycles. The number of aliphatic imine (C=N–C) groups is 1. The summed E-state index contributed by atoms with van der Waals surface area (Å²) >= 11 is 12.3. The normalized spacial score (nSPS) is 20.4. The number of nitrogens with one attached hydrogen (secondary N) is 1. The molecule has 6 nitrogen and oxygen atoms in total. The second-order valence-corrected chi connectivity index (χ2v) is 12.0. The Morgan fingerprint density at radius 1 is 0.919 bits per heavy atom. The van der Waals surface area contributed by atoms with Gasteiger partial charge < -0.3 is 10.1 Å². The molecule has 194 valence electrons. The van der Waals surface area contributed by atoms with Gasteiger partial charge in [-0.3, -0.25) is 4.99 Å². The number of halogens is 2. The molecule has 0 bridgehead atoms. The molecule has 1 fully saturated rings. The lowest BCUT2D eigenvalue weighted by molar-refractivity contribution is 0.338. The maximum absolute atomic E-state index is 13.5. The quantitative estimate of drug-likeness (QED) is 0.365. The number of sulfonamides is 1. The minimum atomic E-state index is -3.62. The number of rotatable bonds is 7. The average Bonchev–Trinajstić information content (AvgIpc) is 3.35. The predicted molar refractivity (Wildman–Crippen MR) is 148 cm³/mol. The molecule has 2 heterocycles. The molecule has 3 aromatic carbocycles. The second kappa shape index (κ2) is 11.0. The third-order valence-electron chi connectivity index (χ3n) is 6.78. The Hall–Kier alpha value is -2.58. The Morgan fingerprint density at radius 3 is 2.16 bits per heavy atom. The van der Waals surface area contributed by atoms with E-state index in [4.69, 9.17) is 32.9 Å². The van der Waals surface area contributed by atoms with Gasteiger partial charge in [-0.2, -0.15) is 4.31 Å². The van der Waals surface area contributed by atoms with Crippen molar-refractivity contribution in [1.82, 2.24) is 9.62 Å². The van der Waals surface area contributed by atoms with Crippen molar-refractivity contribution in [2.45, 2.75) is 43.2 Å². The summed E-state index contributed by atoms with van der Waals surface area (Å²) in [6.07, 6.45) is 2.81. The fourth-order valence-corrected chi connectivity index (χ4v) is 6.67. The fourth-order valence-electron chi connectivity index (χ4n) is 4.88. The van der Waals surface area contributed by atoms with E-state index in [1.807, 2.05) is 55.5 Å². The second-order valence-electron chi connectivity index (χ2n) is 9.20. The van der Waals surface area contributed by atoms with E-state index >= 15 is 0 Å². The van der Waals surface area contributed by atoms with Gasteiger partial charge in [0.05, 0.1) is 23.1 Å². The SMILES string of the molecule is CCOc1ccc(S(=O)(=O)N2CCCCC2)cc1C1=NC(c2ccc(Cl)cc2)C(c2ccc(Cl)cc2)N1. The standard InChI is InChI=1S/C28H29Cl2N3O3S/c1-2-36-25-15-14-23(37(34,35)33-16-4-3-5-17-33)18-24(25)28-31-26(19-6-10-21(29)11-7-19)27(32-28)20-8-12-22(30)13-9-20/h6-15,18,26-27H,2-5,16-17H2,1H3,(H,31,32). The smallest absolute Gasteiger partial charge is 0.243 e. The van der Waals surface area contributed by atoms with Crippen LogP contribution < -0.4 is 10.1 Å². The van der Waals surface area contributed by atoms with E-state index in [9.17, 15) is 8.42 Å². The molecular formula is C28H29Cl2N3O3S. The van der Waals surface area contributed by atoms with Crippen LogP contribution in [0.5, 0.6) is 5.75 Å². The first-order valence-electron chi connectivity index (χ1n) is 12.5. The molecule has 9 heteroatoms. The van der Waals surface area contributed by atoms with E-state index in [0.29, 0.717) is 46.9 Å². The molecule has 37 heavy (non-hydrogen) atoms. The van der Waals surface area contributed by atoms with Crippen molar-refractivity contribution in [3.8, 4) is 5.75 Å². The summed E-state index contributed by atoms with van der Waals surface area (Å²) in [5.74, 6) is 1.16. The van der Waals surface area contributed by atoms with Crippen molar-refractivity contribution < 1.29 is 13.2 Å². The van der Waals surface area contributed by atoms with Gasteiger partial charge in [-0.05, 0) is 73.4 Å². The van der Waals surface area contributed by atoms with Gasteiger partial charge in [-0.1, -0.05) is 53.9 Å². The highest BCUT2D eigenvalue weighted by atomic mass is 35.5. The van der Waals surface area contributed by atoms with E-state index in [-0.39, 0.29) is 17.0 Å². The van der Waals surface area contributed by atoms with E-state index in [0.717, 1.165) is 30.4 Å². The molecule has 2 aliphatic rings. The first kappa shape index (κ1) is 26.0. The summed E-state index contributed by atoms with van der Waals surface area (Å²) in [7, 11) is -3.62. The molecule has 0 amide bonds. The number of hydrogen-bond acceptors (Lipinski definition) is 5. The highest BCUT2D eigenvalue weighted by Gasteiger charge is 2.34. The molecule has 0 saturated carbocycles. The number of piperidine rings is 1. The van der Waals surface area contributed by atoms with E-state index in [1.165, 1.54) is 0 Å². The molecule has 1 N–H and O–H groups in total. The van der Waals surface area contributed by atoms with Crippen LogP contribution in [0.2, 0.25) is 10.0 Å². The molecule has 5 rings (SSSR count). The van der Waals surface area contributed by atoms with Gasteiger partial charge in [0.25, 0.3) is 0 Å². The third kappa shape index (κ3) is 5.50. The lowest BCUT2D eigenvalue weighted by atomic mass is 9.95. The zero-order valence-corrected chi connectivity index (χ0v) is 22.9. The van der Waals surface area contributed by atoms with Crippen LogP contribution in [0.4, 0.5) is 0 Å². The number of benzene rings is 3. The number of amidine groups is 1. The van der Waals surface area contributed by atoms with Gasteiger partial charge in [0, 0.05) is 23.1 Å². The lowest BCUT2D eigenvalue weighted by Crippen LogP contribution is -2.35. The van der Waals surface area contributed by atoms with Crippen molar-refractivity contribution in [3.63, 3.8) is 0 Å². The molecule has 2 aliphatic heterocycles. The summed E-state index contributed by atoms with van der Waals surface area (Å²) in [6, 6.07) is 19.9. The van der Waals surface area contributed by atoms with Crippen molar-refractivity contribution in [2.75, 3.05) is 19.7 Å². The van der Waals surface area contributed by atoms with Gasteiger partial charge >= 0.3 is 0 Å². The number of ether oxygens (including phenoxy) is 1. The summed E-state index contributed by atoms with van der Waals surface area (Å²) in [5.41, 5.74) is 2.62. The van der Waals surface area contributed by atoms with Gasteiger partial charge in [0.1, 0.15) is 17.6 Å². The topological polar surface area (TPSA) is 71.0 Å². The molecule has 3 aromatic rings. The number of hydrogen-bond donors (Lipinski definition) is 1. The summed E-state index contributed by atoms with van der Waals surface area (Å²) in [4.78, 5) is 5.30. The van der Waals surface area contributed by atoms with Crippen molar-refractivity contribution in [2.24, 2.45) is 4.99 Å². The van der Waals surface area contributed by atoms with Gasteiger partial charge in [0.2, 0.25) is 10.0 Å². The van der Waals surface area contributed by atoms with Gasteiger partial charge in [0.15, 0.2) is 0 Å². The maximum atomic E-state index is 13.5. The monoisotopic (exact) mass is 557 g/mol. The maximum Gasteiger partial charge on any atom is 0.243 e. The van der Waals surface area contributed by atoms with E-state index < -0.39 is 10.0 Å². The first-order chi connectivity index (χ1) is 17.9. The van der Waals surface area contributed by atoms with Crippen molar-refractivity contribution in [3.05, 3.63) is 93.5 Å². The van der Waals surface area contributed by atoms with E-state index in [2.05, 4.69) is 5.32 Å². The Morgan fingerprint density at radius 2 is 1.54 bits per heavy atom. The summed E-state index contributed by atoms with van der Waals surface area (Å²) in [5, 5.41) is 4.85. The van der Waals surface area contributed by atoms with Crippen LogP contribution in [0.25, 0.3) is 0 Å². The molecule has 0 radical (unpaired) electrons. The Kier molecular flexibility index (Phi) is 7.77. The van der Waals surface area contributed by atoms with Gasteiger partial charge in [-0.15, -0.1) is 0 Å². The number of nitrogens with zero attached hydrogens (tertiary/aromatic N) is 2. The molecule has 2 atom stereocenters. The first-order valence-corrected chi connectivity index (χ1v) is 14.7. The molecule has 2 unspecified atom stereocenters. The lowest BCUT2D eigenvalue weighted by Gasteiger charge is -2.26. The van der Waals surface area contributed by atoms with Crippen LogP contribution in [-0.4, -0.2) is 38.3 Å². The van der Waals surface area contributed by atoms with Crippen molar-refractivity contribution in [1.29, 1.82) is 0 Å². The third-order valence-corrected chi connectivity index (χ3v) is 9.17. The van der Waals surface area contributed by atoms with E-state index in [1.54, 1.807) is 22.5 Å². The summed E-state index contributed by atoms with van der Waals surface area (Å²) < 4.78 is 34.4. The van der Waals surface area contributed by atoms with Crippen LogP contribution in [0.1, 0.15) is 55.0 Å². The Bertz CT molecular complexity index is 1390. The molecule has 0 aliphatic carbocycles.